The van der Waals surface area contributed by atoms with Crippen LogP contribution >= 0.6 is 0 Å². The van der Waals surface area contributed by atoms with Gasteiger partial charge in [0.05, 0.1) is 0 Å². The van der Waals surface area contributed by atoms with E-state index in [4.69, 9.17) is 5.26 Å². The van der Waals surface area contributed by atoms with E-state index >= 15 is 0 Å². The zero-order valence-corrected chi connectivity index (χ0v) is 10.4. The van der Waals surface area contributed by atoms with E-state index in [2.05, 4.69) is 34.3 Å². The van der Waals surface area contributed by atoms with Crippen molar-refractivity contribution in [2.24, 2.45) is 0 Å². The maximum Gasteiger partial charge on any atom is 0.146 e. The van der Waals surface area contributed by atoms with Crippen LogP contribution in [-0.2, 0) is 6.42 Å². The van der Waals surface area contributed by atoms with Gasteiger partial charge in [-0.05, 0) is 31.0 Å². The molecule has 0 aliphatic carbocycles. The van der Waals surface area contributed by atoms with Gasteiger partial charge in [-0.3, -0.25) is 0 Å². The quantitative estimate of drug-likeness (QED) is 0.893. The van der Waals surface area contributed by atoms with Crippen LogP contribution in [-0.4, -0.2) is 9.97 Å². The van der Waals surface area contributed by atoms with Crippen LogP contribution in [0.2, 0.25) is 0 Å². The van der Waals surface area contributed by atoms with Crippen molar-refractivity contribution in [3.8, 4) is 6.07 Å². The summed E-state index contributed by atoms with van der Waals surface area (Å²) in [4.78, 5) is 8.26. The van der Waals surface area contributed by atoms with E-state index in [1.807, 2.05) is 18.2 Å². The Bertz CT molecular complexity index is 582. The fourth-order valence-electron chi connectivity index (χ4n) is 1.66. The van der Waals surface area contributed by atoms with Crippen LogP contribution in [0.25, 0.3) is 0 Å². The first kappa shape index (κ1) is 12.1. The molecular formula is C14H14N4. The number of nitrogens with one attached hydrogen (secondary N) is 1. The first-order valence-electron chi connectivity index (χ1n) is 5.83. The van der Waals surface area contributed by atoms with Gasteiger partial charge in [-0.25, -0.2) is 9.97 Å². The summed E-state index contributed by atoms with van der Waals surface area (Å²) < 4.78 is 0. The summed E-state index contributed by atoms with van der Waals surface area (Å²) in [6, 6.07) is 11.8. The summed E-state index contributed by atoms with van der Waals surface area (Å²) in [7, 11) is 0. The predicted octanol–water partition coefficient (Wildman–Crippen LogP) is 2.96. The predicted molar refractivity (Wildman–Crippen MR) is 70.6 cm³/mol. The van der Waals surface area contributed by atoms with E-state index in [-0.39, 0.29) is 0 Å². The van der Waals surface area contributed by atoms with Gasteiger partial charge in [0.15, 0.2) is 0 Å². The fraction of sp³-hybridized carbons (Fsp3) is 0.214. The molecule has 0 saturated carbocycles. The summed E-state index contributed by atoms with van der Waals surface area (Å²) in [5, 5.41) is 12.0. The largest absolute Gasteiger partial charge is 0.340 e. The fourth-order valence-corrected chi connectivity index (χ4v) is 1.66. The first-order valence-corrected chi connectivity index (χ1v) is 5.83. The summed E-state index contributed by atoms with van der Waals surface area (Å²) in [6.45, 7) is 3.89. The van der Waals surface area contributed by atoms with Gasteiger partial charge >= 0.3 is 0 Å². The van der Waals surface area contributed by atoms with E-state index in [1.165, 1.54) is 5.56 Å². The van der Waals surface area contributed by atoms with Crippen molar-refractivity contribution >= 4 is 11.5 Å². The molecule has 0 atom stereocenters. The molecule has 2 aromatic rings. The zero-order valence-electron chi connectivity index (χ0n) is 10.4. The molecule has 0 fully saturated rings. The van der Waals surface area contributed by atoms with Crippen LogP contribution in [0.15, 0.2) is 30.3 Å². The Kier molecular flexibility index (Phi) is 3.54. The van der Waals surface area contributed by atoms with Crippen LogP contribution in [0.4, 0.5) is 11.5 Å². The Labute approximate surface area is 106 Å². The summed E-state index contributed by atoms with van der Waals surface area (Å²) >= 11 is 0. The average Bonchev–Trinajstić information content (AvgIpc) is 2.39. The summed E-state index contributed by atoms with van der Waals surface area (Å²) in [5.41, 5.74) is 2.61. The van der Waals surface area contributed by atoms with Crippen LogP contribution in [0, 0.1) is 18.3 Å². The molecule has 0 radical (unpaired) electrons. The minimum atomic E-state index is 0.371. The van der Waals surface area contributed by atoms with E-state index in [0.29, 0.717) is 17.3 Å². The second-order valence-electron chi connectivity index (χ2n) is 3.97. The van der Waals surface area contributed by atoms with Gasteiger partial charge in [0.25, 0.3) is 0 Å². The van der Waals surface area contributed by atoms with E-state index in [0.717, 1.165) is 12.1 Å². The molecule has 90 valence electrons. The Balaban J connectivity index is 2.22. The lowest BCUT2D eigenvalue weighted by atomic mass is 10.1. The van der Waals surface area contributed by atoms with E-state index in [9.17, 15) is 0 Å². The normalized spacial score (nSPS) is 9.83. The van der Waals surface area contributed by atoms with Crippen molar-refractivity contribution in [3.63, 3.8) is 0 Å². The van der Waals surface area contributed by atoms with Crippen molar-refractivity contribution in [2.75, 3.05) is 5.32 Å². The number of hydrogen-bond donors (Lipinski definition) is 1. The highest BCUT2D eigenvalue weighted by atomic mass is 15.0. The lowest BCUT2D eigenvalue weighted by Gasteiger charge is -2.07. The number of rotatable bonds is 3. The number of benzene rings is 1. The van der Waals surface area contributed by atoms with E-state index in [1.54, 1.807) is 13.0 Å². The van der Waals surface area contributed by atoms with Crippen molar-refractivity contribution in [1.82, 2.24) is 9.97 Å². The second-order valence-corrected chi connectivity index (χ2v) is 3.97. The summed E-state index contributed by atoms with van der Waals surface area (Å²) in [6.07, 6.45) is 1.02. The van der Waals surface area contributed by atoms with Crippen molar-refractivity contribution in [1.29, 1.82) is 5.26 Å². The molecule has 1 aromatic carbocycles. The Morgan fingerprint density at radius 3 is 2.56 bits per heavy atom. The monoisotopic (exact) mass is 238 g/mol. The average molecular weight is 238 g/mol. The number of anilines is 2. The molecule has 0 saturated heterocycles. The minimum Gasteiger partial charge on any atom is -0.340 e. The molecular weight excluding hydrogens is 224 g/mol. The summed E-state index contributed by atoms with van der Waals surface area (Å²) in [5.74, 6) is 1.23. The third kappa shape index (κ3) is 2.83. The van der Waals surface area contributed by atoms with Gasteiger partial charge in [0.2, 0.25) is 0 Å². The standard InChI is InChI=1S/C14H14N4/c1-3-11-4-6-12(7-5-11)18-14-8-13(9-15)16-10(2)17-14/h4-8H,3H2,1-2H3,(H,16,17,18). The lowest BCUT2D eigenvalue weighted by molar-refractivity contribution is 1.04. The molecule has 4 heteroatoms. The van der Waals surface area contributed by atoms with Gasteiger partial charge in [0, 0.05) is 11.8 Å². The maximum absolute atomic E-state index is 8.85. The molecule has 2 rings (SSSR count). The molecule has 0 bridgehead atoms. The topological polar surface area (TPSA) is 61.6 Å². The molecule has 0 spiro atoms. The van der Waals surface area contributed by atoms with Gasteiger partial charge in [-0.2, -0.15) is 5.26 Å². The van der Waals surface area contributed by atoms with Gasteiger partial charge < -0.3 is 5.32 Å². The highest BCUT2D eigenvalue weighted by Gasteiger charge is 2.01. The second kappa shape index (κ2) is 5.28. The molecule has 1 aromatic heterocycles. The molecule has 1 heterocycles. The SMILES string of the molecule is CCc1ccc(Nc2cc(C#N)nc(C)n2)cc1. The van der Waals surface area contributed by atoms with E-state index < -0.39 is 0 Å². The Morgan fingerprint density at radius 1 is 1.22 bits per heavy atom. The molecule has 0 unspecified atom stereocenters. The minimum absolute atomic E-state index is 0.371. The zero-order chi connectivity index (χ0) is 13.0. The number of aromatic nitrogens is 2. The lowest BCUT2D eigenvalue weighted by Crippen LogP contribution is -1.99. The Hall–Kier alpha value is -2.41. The van der Waals surface area contributed by atoms with Gasteiger partial charge in [-0.1, -0.05) is 19.1 Å². The molecule has 18 heavy (non-hydrogen) atoms. The van der Waals surface area contributed by atoms with Crippen LogP contribution < -0.4 is 5.32 Å². The van der Waals surface area contributed by atoms with Gasteiger partial charge in [0.1, 0.15) is 23.4 Å². The third-order valence-electron chi connectivity index (χ3n) is 2.59. The highest BCUT2D eigenvalue weighted by Crippen LogP contribution is 2.16. The van der Waals surface area contributed by atoms with Crippen LogP contribution in [0.3, 0.4) is 0 Å². The molecule has 0 amide bonds. The molecule has 1 N–H and O–H groups in total. The maximum atomic E-state index is 8.85. The van der Waals surface area contributed by atoms with Crippen LogP contribution in [0.1, 0.15) is 24.0 Å². The number of nitrogens with zero attached hydrogens (tertiary/aromatic N) is 3. The third-order valence-corrected chi connectivity index (χ3v) is 2.59. The van der Waals surface area contributed by atoms with Crippen molar-refractivity contribution in [3.05, 3.63) is 47.4 Å². The Morgan fingerprint density at radius 2 is 1.94 bits per heavy atom. The smallest absolute Gasteiger partial charge is 0.146 e. The van der Waals surface area contributed by atoms with Crippen molar-refractivity contribution < 1.29 is 0 Å². The number of hydrogen-bond acceptors (Lipinski definition) is 4. The van der Waals surface area contributed by atoms with Gasteiger partial charge in [-0.15, -0.1) is 0 Å². The number of nitriles is 1. The highest BCUT2D eigenvalue weighted by molar-refractivity contribution is 5.57. The molecule has 0 aliphatic heterocycles. The van der Waals surface area contributed by atoms with Crippen molar-refractivity contribution in [2.45, 2.75) is 20.3 Å². The molecule has 4 nitrogen and oxygen atoms in total. The van der Waals surface area contributed by atoms with Crippen LogP contribution in [0.5, 0.6) is 0 Å². The molecule has 0 aliphatic rings. The first-order chi connectivity index (χ1) is 8.71. The number of aryl methyl sites for hydroxylation is 2.